The lowest BCUT2D eigenvalue weighted by Crippen LogP contribution is -3.00. The molecule has 0 radical (unpaired) electrons. The fourth-order valence-electron chi connectivity index (χ4n) is 2.73. The van der Waals surface area contributed by atoms with Crippen molar-refractivity contribution in [3.05, 3.63) is 0 Å². The van der Waals surface area contributed by atoms with Crippen molar-refractivity contribution in [2.75, 3.05) is 32.6 Å². The minimum Gasteiger partial charge on any atom is -1.00 e. The van der Waals surface area contributed by atoms with Crippen molar-refractivity contribution < 1.29 is 16.9 Å². The van der Waals surface area contributed by atoms with E-state index in [9.17, 15) is 0 Å². The molecule has 0 bridgehead atoms. The SMILES string of the molecule is CCCCCCCC[N+](C)(CCCl)CCCCCC.[Cl-]. The molecule has 0 aromatic carbocycles. The molecule has 0 saturated heterocycles. The molecule has 20 heavy (non-hydrogen) atoms. The third-order valence-corrected chi connectivity index (χ3v) is 4.40. The summed E-state index contributed by atoms with van der Waals surface area (Å²) in [4.78, 5) is 0. The van der Waals surface area contributed by atoms with Crippen LogP contribution in [0.15, 0.2) is 0 Å². The van der Waals surface area contributed by atoms with Gasteiger partial charge < -0.3 is 16.9 Å². The number of rotatable bonds is 14. The molecule has 124 valence electrons. The van der Waals surface area contributed by atoms with Crippen LogP contribution in [-0.4, -0.2) is 37.0 Å². The van der Waals surface area contributed by atoms with Crippen LogP contribution in [-0.2, 0) is 0 Å². The molecule has 3 heteroatoms. The van der Waals surface area contributed by atoms with Crippen LogP contribution in [0.25, 0.3) is 0 Å². The molecule has 1 atom stereocenters. The molecule has 1 nitrogen and oxygen atoms in total. The van der Waals surface area contributed by atoms with E-state index >= 15 is 0 Å². The van der Waals surface area contributed by atoms with Crippen LogP contribution < -0.4 is 12.4 Å². The van der Waals surface area contributed by atoms with E-state index in [1.165, 1.54) is 81.8 Å². The van der Waals surface area contributed by atoms with Gasteiger partial charge in [0.25, 0.3) is 0 Å². The molecular weight excluding hydrogens is 289 g/mol. The van der Waals surface area contributed by atoms with E-state index in [0.717, 1.165) is 12.4 Å². The Labute approximate surface area is 139 Å². The topological polar surface area (TPSA) is 0 Å². The van der Waals surface area contributed by atoms with Gasteiger partial charge in [-0.15, -0.1) is 11.6 Å². The van der Waals surface area contributed by atoms with Gasteiger partial charge in [-0.1, -0.05) is 52.4 Å². The summed E-state index contributed by atoms with van der Waals surface area (Å²) in [5.41, 5.74) is 0. The lowest BCUT2D eigenvalue weighted by molar-refractivity contribution is -0.907. The predicted octanol–water partition coefficient (Wildman–Crippen LogP) is 2.62. The summed E-state index contributed by atoms with van der Waals surface area (Å²) >= 11 is 5.99. The van der Waals surface area contributed by atoms with Crippen molar-refractivity contribution >= 4 is 11.6 Å². The summed E-state index contributed by atoms with van der Waals surface area (Å²) in [6.45, 7) is 8.35. The van der Waals surface area contributed by atoms with Gasteiger partial charge in [0.15, 0.2) is 0 Å². The van der Waals surface area contributed by atoms with Crippen molar-refractivity contribution in [1.29, 1.82) is 0 Å². The van der Waals surface area contributed by atoms with Crippen LogP contribution in [0.2, 0.25) is 0 Å². The molecule has 0 aliphatic rings. The Kier molecular flexibility index (Phi) is 18.2. The lowest BCUT2D eigenvalue weighted by atomic mass is 10.1. The van der Waals surface area contributed by atoms with Crippen molar-refractivity contribution in [3.8, 4) is 0 Å². The minimum absolute atomic E-state index is 0. The molecule has 0 heterocycles. The fraction of sp³-hybridized carbons (Fsp3) is 1.00. The highest BCUT2D eigenvalue weighted by Gasteiger charge is 2.19. The van der Waals surface area contributed by atoms with Crippen LogP contribution in [0, 0.1) is 0 Å². The summed E-state index contributed by atoms with van der Waals surface area (Å²) in [5.74, 6) is 0.806. The zero-order chi connectivity index (χ0) is 14.4. The monoisotopic (exact) mass is 325 g/mol. The van der Waals surface area contributed by atoms with Crippen LogP contribution in [0.5, 0.6) is 0 Å². The number of quaternary nitrogens is 1. The second-order valence-corrected chi connectivity index (χ2v) is 6.69. The number of hydrogen-bond acceptors (Lipinski definition) is 0. The van der Waals surface area contributed by atoms with Crippen LogP contribution in [0.1, 0.15) is 78.1 Å². The molecule has 0 amide bonds. The Morgan fingerprint density at radius 3 is 1.50 bits per heavy atom. The molecule has 0 N–H and O–H groups in total. The number of halogens is 2. The van der Waals surface area contributed by atoms with Crippen LogP contribution >= 0.6 is 11.6 Å². The summed E-state index contributed by atoms with van der Waals surface area (Å²) in [6, 6.07) is 0. The molecule has 0 aliphatic carbocycles. The molecule has 0 aromatic rings. The number of nitrogens with zero attached hydrogens (tertiary/aromatic N) is 1. The summed E-state index contributed by atoms with van der Waals surface area (Å²) in [5, 5.41) is 0. The van der Waals surface area contributed by atoms with Gasteiger partial charge >= 0.3 is 0 Å². The molecule has 0 aliphatic heterocycles. The number of alkyl halides is 1. The van der Waals surface area contributed by atoms with E-state index in [1.807, 2.05) is 0 Å². The van der Waals surface area contributed by atoms with Crippen molar-refractivity contribution in [2.24, 2.45) is 0 Å². The maximum Gasteiger partial charge on any atom is 0.0922 e. The lowest BCUT2D eigenvalue weighted by Gasteiger charge is -2.34. The van der Waals surface area contributed by atoms with Gasteiger partial charge in [0, 0.05) is 0 Å². The zero-order valence-electron chi connectivity index (χ0n) is 14.1. The van der Waals surface area contributed by atoms with E-state index in [0.29, 0.717) is 0 Å². The maximum absolute atomic E-state index is 5.99. The average molecular weight is 326 g/mol. The smallest absolute Gasteiger partial charge is 0.0922 e. The molecule has 0 saturated carbocycles. The third-order valence-electron chi connectivity index (χ3n) is 4.23. The Morgan fingerprint density at radius 2 is 1.05 bits per heavy atom. The first-order valence-corrected chi connectivity index (χ1v) is 9.11. The van der Waals surface area contributed by atoms with Gasteiger partial charge in [0.2, 0.25) is 0 Å². The largest absolute Gasteiger partial charge is 1.00 e. The molecule has 0 aromatic heterocycles. The Hall–Kier alpha value is 0.540. The number of unbranched alkanes of at least 4 members (excludes halogenated alkanes) is 8. The molecule has 1 unspecified atom stereocenters. The normalized spacial score (nSPS) is 13.8. The summed E-state index contributed by atoms with van der Waals surface area (Å²) in [6.07, 6.45) is 13.9. The highest BCUT2D eigenvalue weighted by atomic mass is 35.5. The first-order valence-electron chi connectivity index (χ1n) is 8.58. The third kappa shape index (κ3) is 13.5. The van der Waals surface area contributed by atoms with Crippen molar-refractivity contribution in [2.45, 2.75) is 78.1 Å². The zero-order valence-corrected chi connectivity index (χ0v) is 15.6. The van der Waals surface area contributed by atoms with E-state index in [4.69, 9.17) is 11.6 Å². The van der Waals surface area contributed by atoms with E-state index < -0.39 is 0 Å². The van der Waals surface area contributed by atoms with Crippen LogP contribution in [0.4, 0.5) is 0 Å². The molecule has 0 fully saturated rings. The number of hydrogen-bond donors (Lipinski definition) is 0. The highest BCUT2D eigenvalue weighted by molar-refractivity contribution is 6.17. The van der Waals surface area contributed by atoms with E-state index in [-0.39, 0.29) is 12.4 Å². The van der Waals surface area contributed by atoms with E-state index in [2.05, 4.69) is 20.9 Å². The Morgan fingerprint density at radius 1 is 0.650 bits per heavy atom. The van der Waals surface area contributed by atoms with Gasteiger partial charge in [-0.05, 0) is 25.7 Å². The standard InChI is InChI=1S/C17H37ClN.ClH/c1-4-6-8-10-11-13-16-19(3,17-14-18)15-12-9-7-5-2;/h4-17H2,1-3H3;1H/q+1;/p-1. The molecular formula is C17H37Cl2N. The van der Waals surface area contributed by atoms with Gasteiger partial charge in [0.05, 0.1) is 32.6 Å². The summed E-state index contributed by atoms with van der Waals surface area (Å²) in [7, 11) is 2.40. The first kappa shape index (κ1) is 22.8. The quantitative estimate of drug-likeness (QED) is 0.261. The predicted molar refractivity (Wildman–Crippen MR) is 89.0 cm³/mol. The van der Waals surface area contributed by atoms with Crippen molar-refractivity contribution in [3.63, 3.8) is 0 Å². The fourth-order valence-corrected chi connectivity index (χ4v) is 3.14. The van der Waals surface area contributed by atoms with Gasteiger partial charge in [-0.25, -0.2) is 0 Å². The van der Waals surface area contributed by atoms with Crippen molar-refractivity contribution in [1.82, 2.24) is 0 Å². The second kappa shape index (κ2) is 15.9. The van der Waals surface area contributed by atoms with Gasteiger partial charge in [-0.3, -0.25) is 0 Å². The molecule has 0 spiro atoms. The Balaban J connectivity index is 0. The van der Waals surface area contributed by atoms with E-state index in [1.54, 1.807) is 0 Å². The molecule has 0 rings (SSSR count). The average Bonchev–Trinajstić information content (AvgIpc) is 2.39. The first-order chi connectivity index (χ1) is 9.18. The maximum atomic E-state index is 5.99. The summed E-state index contributed by atoms with van der Waals surface area (Å²) < 4.78 is 1.20. The van der Waals surface area contributed by atoms with Gasteiger partial charge in [0.1, 0.15) is 0 Å². The van der Waals surface area contributed by atoms with Crippen LogP contribution in [0.3, 0.4) is 0 Å². The minimum atomic E-state index is 0. The second-order valence-electron chi connectivity index (χ2n) is 6.31. The van der Waals surface area contributed by atoms with Gasteiger partial charge in [-0.2, -0.15) is 0 Å². The highest BCUT2D eigenvalue weighted by Crippen LogP contribution is 2.13. The Bertz CT molecular complexity index is 188.